The summed E-state index contributed by atoms with van der Waals surface area (Å²) in [6, 6.07) is 6.88. The molecule has 0 unspecified atom stereocenters. The zero-order chi connectivity index (χ0) is 17.4. The molecule has 1 aromatic carbocycles. The largest absolute Gasteiger partial charge is 0.366 e. The van der Waals surface area contributed by atoms with Gasteiger partial charge < -0.3 is 11.1 Å². The summed E-state index contributed by atoms with van der Waals surface area (Å²) in [6.07, 6.45) is 7.25. The second-order valence-electron chi connectivity index (χ2n) is 5.62. The van der Waals surface area contributed by atoms with Crippen molar-refractivity contribution >= 4 is 23.1 Å². The topological polar surface area (TPSA) is 114 Å². The molecule has 0 aliphatic carbocycles. The van der Waals surface area contributed by atoms with E-state index in [4.69, 9.17) is 5.73 Å². The van der Waals surface area contributed by atoms with E-state index in [1.165, 1.54) is 0 Å². The molecule has 0 aliphatic rings. The highest BCUT2D eigenvalue weighted by Crippen LogP contribution is 2.25. The molecule has 4 aromatic rings. The first-order chi connectivity index (χ1) is 12.1. The molecule has 0 spiro atoms. The van der Waals surface area contributed by atoms with Crippen LogP contribution >= 0.6 is 0 Å². The Kier molecular flexibility index (Phi) is 3.42. The van der Waals surface area contributed by atoms with Crippen LogP contribution in [0.4, 0.5) is 11.5 Å². The summed E-state index contributed by atoms with van der Waals surface area (Å²) in [7, 11) is 0. The van der Waals surface area contributed by atoms with Crippen molar-refractivity contribution in [3.05, 3.63) is 60.3 Å². The average Bonchev–Trinajstić information content (AvgIpc) is 3.25. The number of nitrogens with two attached hydrogens (primary N) is 1. The molecule has 0 radical (unpaired) electrons. The highest BCUT2D eigenvalue weighted by atomic mass is 16.1. The van der Waals surface area contributed by atoms with Crippen LogP contribution in [0.15, 0.2) is 49.1 Å². The quantitative estimate of drug-likeness (QED) is 0.530. The average molecular weight is 333 g/mol. The van der Waals surface area contributed by atoms with Crippen LogP contribution in [0.2, 0.25) is 0 Å². The number of nitrogens with one attached hydrogen (secondary N) is 2. The summed E-state index contributed by atoms with van der Waals surface area (Å²) in [6.45, 7) is 1.93. The van der Waals surface area contributed by atoms with Crippen LogP contribution in [0.1, 0.15) is 16.1 Å². The number of primary amides is 1. The van der Waals surface area contributed by atoms with Crippen LogP contribution in [0.5, 0.6) is 0 Å². The molecule has 3 aromatic heterocycles. The molecule has 8 nitrogen and oxygen atoms in total. The van der Waals surface area contributed by atoms with Crippen LogP contribution in [0.25, 0.3) is 16.9 Å². The zero-order valence-corrected chi connectivity index (χ0v) is 13.4. The third-order valence-electron chi connectivity index (χ3n) is 3.84. The van der Waals surface area contributed by atoms with Crippen LogP contribution < -0.4 is 11.1 Å². The Morgan fingerprint density at radius 2 is 2.04 bits per heavy atom. The number of aromatic amines is 1. The van der Waals surface area contributed by atoms with Crippen molar-refractivity contribution in [2.24, 2.45) is 5.73 Å². The number of H-pyrrole nitrogens is 1. The van der Waals surface area contributed by atoms with Crippen molar-refractivity contribution in [1.29, 1.82) is 0 Å². The number of carbonyl (C=O) groups is 1. The normalized spacial score (nSPS) is 10.9. The van der Waals surface area contributed by atoms with Crippen molar-refractivity contribution in [3.8, 4) is 11.3 Å². The fraction of sp³-hybridized carbons (Fsp3) is 0.0588. The lowest BCUT2D eigenvalue weighted by atomic mass is 10.2. The summed E-state index contributed by atoms with van der Waals surface area (Å²) in [5.74, 6) is 0.160. The number of rotatable bonds is 4. The lowest BCUT2D eigenvalue weighted by molar-refractivity contribution is 0.100. The Balaban J connectivity index is 1.75. The van der Waals surface area contributed by atoms with Gasteiger partial charge in [0.2, 0.25) is 5.91 Å². The molecule has 0 fully saturated rings. The fourth-order valence-electron chi connectivity index (χ4n) is 2.64. The van der Waals surface area contributed by atoms with E-state index in [9.17, 15) is 4.79 Å². The maximum absolute atomic E-state index is 11.2. The standard InChI is InChI=1S/C17H15N7O/c1-10-9-24-14(12-6-20-21-7-12)8-19-16(17(24)22-10)23-13-4-2-11(3-5-13)15(18)25/h2-9H,1H3,(H2,18,25)(H,19,23)(H,20,21). The van der Waals surface area contributed by atoms with E-state index in [0.29, 0.717) is 17.0 Å². The first-order valence-electron chi connectivity index (χ1n) is 7.62. The van der Waals surface area contributed by atoms with Gasteiger partial charge in [-0.25, -0.2) is 9.97 Å². The van der Waals surface area contributed by atoms with E-state index in [0.717, 1.165) is 22.6 Å². The smallest absolute Gasteiger partial charge is 0.248 e. The zero-order valence-electron chi connectivity index (χ0n) is 13.4. The molecular weight excluding hydrogens is 318 g/mol. The predicted molar refractivity (Wildman–Crippen MR) is 93.5 cm³/mol. The highest BCUT2D eigenvalue weighted by molar-refractivity contribution is 5.93. The first kappa shape index (κ1) is 14.9. The maximum atomic E-state index is 11.2. The number of hydrogen-bond acceptors (Lipinski definition) is 5. The van der Waals surface area contributed by atoms with Crippen molar-refractivity contribution in [2.75, 3.05) is 5.32 Å². The van der Waals surface area contributed by atoms with Gasteiger partial charge in [-0.3, -0.25) is 14.3 Å². The summed E-state index contributed by atoms with van der Waals surface area (Å²) in [5, 5.41) is 10.0. The van der Waals surface area contributed by atoms with Gasteiger partial charge >= 0.3 is 0 Å². The number of aromatic nitrogens is 5. The van der Waals surface area contributed by atoms with E-state index in [1.807, 2.05) is 17.5 Å². The van der Waals surface area contributed by atoms with Crippen molar-refractivity contribution in [3.63, 3.8) is 0 Å². The number of fused-ring (bicyclic) bond motifs is 1. The summed E-state index contributed by atoms with van der Waals surface area (Å²) >= 11 is 0. The molecule has 1 amide bonds. The highest BCUT2D eigenvalue weighted by Gasteiger charge is 2.12. The van der Waals surface area contributed by atoms with Crippen LogP contribution in [0.3, 0.4) is 0 Å². The first-order valence-corrected chi connectivity index (χ1v) is 7.62. The number of imidazole rings is 1. The number of nitrogens with zero attached hydrogens (tertiary/aromatic N) is 4. The monoisotopic (exact) mass is 333 g/mol. The maximum Gasteiger partial charge on any atom is 0.248 e. The molecule has 0 saturated heterocycles. The molecule has 3 heterocycles. The minimum Gasteiger partial charge on any atom is -0.366 e. The SMILES string of the molecule is Cc1cn2c(-c3cn[nH]c3)cnc(Nc3ccc(C(N)=O)cc3)c2n1. The van der Waals surface area contributed by atoms with E-state index in [-0.39, 0.29) is 0 Å². The van der Waals surface area contributed by atoms with Crippen molar-refractivity contribution in [2.45, 2.75) is 6.92 Å². The molecular formula is C17H15N7O. The van der Waals surface area contributed by atoms with E-state index >= 15 is 0 Å². The molecule has 4 N–H and O–H groups in total. The summed E-state index contributed by atoms with van der Waals surface area (Å²) in [5.41, 5.74) is 9.90. The van der Waals surface area contributed by atoms with Gasteiger partial charge in [0.1, 0.15) is 0 Å². The van der Waals surface area contributed by atoms with E-state index in [2.05, 4.69) is 25.5 Å². The van der Waals surface area contributed by atoms with Crippen molar-refractivity contribution in [1.82, 2.24) is 24.6 Å². The molecule has 25 heavy (non-hydrogen) atoms. The molecule has 124 valence electrons. The molecule has 8 heteroatoms. The molecule has 4 rings (SSSR count). The Morgan fingerprint density at radius 1 is 1.24 bits per heavy atom. The second kappa shape index (κ2) is 5.75. The number of anilines is 2. The Bertz CT molecular complexity index is 1050. The number of aryl methyl sites for hydroxylation is 1. The Hall–Kier alpha value is -3.68. The van der Waals surface area contributed by atoms with Crippen molar-refractivity contribution < 1.29 is 4.79 Å². The third kappa shape index (κ3) is 2.69. The minimum absolute atomic E-state index is 0.454. The molecule has 0 aliphatic heterocycles. The van der Waals surface area contributed by atoms with E-state index < -0.39 is 5.91 Å². The number of carbonyl (C=O) groups excluding carboxylic acids is 1. The molecule has 0 bridgehead atoms. The van der Waals surface area contributed by atoms with Crippen LogP contribution in [-0.4, -0.2) is 30.5 Å². The fourth-order valence-corrected chi connectivity index (χ4v) is 2.64. The predicted octanol–water partition coefficient (Wildman–Crippen LogP) is 2.27. The summed E-state index contributed by atoms with van der Waals surface area (Å²) in [4.78, 5) is 20.2. The Labute approximate surface area is 142 Å². The number of hydrogen-bond donors (Lipinski definition) is 3. The van der Waals surface area contributed by atoms with Gasteiger partial charge in [-0.2, -0.15) is 5.10 Å². The minimum atomic E-state index is -0.458. The summed E-state index contributed by atoms with van der Waals surface area (Å²) < 4.78 is 1.97. The van der Waals surface area contributed by atoms with Gasteiger partial charge in [-0.1, -0.05) is 0 Å². The number of amides is 1. The lowest BCUT2D eigenvalue weighted by Gasteiger charge is -2.09. The van der Waals surface area contributed by atoms with Crippen LogP contribution in [-0.2, 0) is 0 Å². The van der Waals surface area contributed by atoms with Gasteiger partial charge in [0.05, 0.1) is 23.8 Å². The van der Waals surface area contributed by atoms with Gasteiger partial charge in [0.15, 0.2) is 11.5 Å². The lowest BCUT2D eigenvalue weighted by Crippen LogP contribution is -2.10. The second-order valence-corrected chi connectivity index (χ2v) is 5.62. The molecule has 0 atom stereocenters. The van der Waals surface area contributed by atoms with Gasteiger partial charge in [0.25, 0.3) is 0 Å². The van der Waals surface area contributed by atoms with Gasteiger partial charge in [0, 0.05) is 29.2 Å². The van der Waals surface area contributed by atoms with Crippen LogP contribution in [0, 0.1) is 6.92 Å². The third-order valence-corrected chi connectivity index (χ3v) is 3.84. The van der Waals surface area contributed by atoms with E-state index in [1.54, 1.807) is 42.9 Å². The van der Waals surface area contributed by atoms with Gasteiger partial charge in [-0.05, 0) is 31.2 Å². The molecule has 0 saturated carbocycles. The number of benzene rings is 1. The van der Waals surface area contributed by atoms with Gasteiger partial charge in [-0.15, -0.1) is 0 Å². The Morgan fingerprint density at radius 3 is 2.72 bits per heavy atom.